The van der Waals surface area contributed by atoms with Gasteiger partial charge in [-0.2, -0.15) is 0 Å². The fourth-order valence-corrected chi connectivity index (χ4v) is 2.97. The first-order chi connectivity index (χ1) is 12.2. The molecule has 3 rings (SSSR count). The van der Waals surface area contributed by atoms with Crippen molar-refractivity contribution >= 4 is 11.8 Å². The number of rotatable bonds is 3. The third-order valence-electron chi connectivity index (χ3n) is 4.29. The van der Waals surface area contributed by atoms with E-state index >= 15 is 0 Å². The van der Waals surface area contributed by atoms with Crippen LogP contribution in [-0.4, -0.2) is 59.9 Å². The highest BCUT2D eigenvalue weighted by Crippen LogP contribution is 2.20. The number of aromatic nitrogens is 1. The molecule has 1 aliphatic heterocycles. The van der Waals surface area contributed by atoms with Crippen LogP contribution >= 0.6 is 0 Å². The van der Waals surface area contributed by atoms with E-state index in [2.05, 4.69) is 4.98 Å². The maximum Gasteiger partial charge on any atom is 0.272 e. The summed E-state index contributed by atoms with van der Waals surface area (Å²) >= 11 is 0. The molecular formula is C19H21N3O3. The van der Waals surface area contributed by atoms with Gasteiger partial charge in [-0.05, 0) is 30.7 Å². The molecule has 0 bridgehead atoms. The van der Waals surface area contributed by atoms with E-state index in [4.69, 9.17) is 4.74 Å². The molecule has 130 valence electrons. The maximum absolute atomic E-state index is 12.8. The summed E-state index contributed by atoms with van der Waals surface area (Å²) in [6.45, 7) is 2.22. The Morgan fingerprint density at radius 1 is 0.920 bits per heavy atom. The van der Waals surface area contributed by atoms with E-state index in [1.807, 2.05) is 12.1 Å². The summed E-state index contributed by atoms with van der Waals surface area (Å²) in [5, 5.41) is 0. The summed E-state index contributed by atoms with van der Waals surface area (Å²) in [5.41, 5.74) is 0.988. The summed E-state index contributed by atoms with van der Waals surface area (Å²) in [7, 11) is 1.56. The summed E-state index contributed by atoms with van der Waals surface area (Å²) in [4.78, 5) is 33.0. The fourth-order valence-electron chi connectivity index (χ4n) is 2.97. The zero-order valence-electron chi connectivity index (χ0n) is 14.2. The van der Waals surface area contributed by atoms with Crippen LogP contribution in [0, 0.1) is 0 Å². The molecule has 1 aromatic heterocycles. The molecule has 0 unspecified atom stereocenters. The number of para-hydroxylation sites is 1. The molecule has 1 aromatic carbocycles. The summed E-state index contributed by atoms with van der Waals surface area (Å²) in [6.07, 6.45) is 2.35. The SMILES string of the molecule is COc1ccccc1C(=O)N1CCCN(C(=O)c2ccccn2)CC1. The number of methoxy groups -OCH3 is 1. The maximum atomic E-state index is 12.8. The van der Waals surface area contributed by atoms with Gasteiger partial charge in [0.2, 0.25) is 0 Å². The van der Waals surface area contributed by atoms with Crippen molar-refractivity contribution in [1.82, 2.24) is 14.8 Å². The molecule has 0 radical (unpaired) electrons. The number of hydrogen-bond donors (Lipinski definition) is 0. The van der Waals surface area contributed by atoms with Gasteiger partial charge < -0.3 is 14.5 Å². The van der Waals surface area contributed by atoms with Crippen LogP contribution in [0.4, 0.5) is 0 Å². The molecule has 2 heterocycles. The molecule has 1 aliphatic rings. The minimum absolute atomic E-state index is 0.0652. The van der Waals surface area contributed by atoms with Gasteiger partial charge in [0.1, 0.15) is 11.4 Å². The van der Waals surface area contributed by atoms with E-state index in [0.29, 0.717) is 43.2 Å². The molecular weight excluding hydrogens is 318 g/mol. The lowest BCUT2D eigenvalue weighted by Gasteiger charge is -2.22. The number of carbonyl (C=O) groups is 2. The van der Waals surface area contributed by atoms with Gasteiger partial charge in [0.25, 0.3) is 11.8 Å². The van der Waals surface area contributed by atoms with E-state index in [0.717, 1.165) is 6.42 Å². The molecule has 0 aliphatic carbocycles. The molecule has 0 atom stereocenters. The Hall–Kier alpha value is -2.89. The normalized spacial score (nSPS) is 14.8. The molecule has 0 spiro atoms. The lowest BCUT2D eigenvalue weighted by atomic mass is 10.1. The second-order valence-electron chi connectivity index (χ2n) is 5.85. The molecule has 2 aromatic rings. The zero-order valence-corrected chi connectivity index (χ0v) is 14.2. The van der Waals surface area contributed by atoms with Gasteiger partial charge in [-0.3, -0.25) is 14.6 Å². The lowest BCUT2D eigenvalue weighted by Crippen LogP contribution is -2.37. The van der Waals surface area contributed by atoms with Crippen LogP contribution in [0.1, 0.15) is 27.3 Å². The molecule has 1 fully saturated rings. The van der Waals surface area contributed by atoms with Crippen molar-refractivity contribution in [2.75, 3.05) is 33.3 Å². The largest absolute Gasteiger partial charge is 0.496 e. The summed E-state index contributed by atoms with van der Waals surface area (Å²) in [6, 6.07) is 12.5. The monoisotopic (exact) mass is 339 g/mol. The molecule has 6 nitrogen and oxygen atoms in total. The smallest absolute Gasteiger partial charge is 0.272 e. The van der Waals surface area contributed by atoms with E-state index in [-0.39, 0.29) is 11.8 Å². The van der Waals surface area contributed by atoms with Crippen LogP contribution in [0.15, 0.2) is 48.7 Å². The van der Waals surface area contributed by atoms with Crippen molar-refractivity contribution in [2.45, 2.75) is 6.42 Å². The Morgan fingerprint density at radius 3 is 2.28 bits per heavy atom. The second kappa shape index (κ2) is 7.79. The van der Waals surface area contributed by atoms with Crippen LogP contribution in [0.25, 0.3) is 0 Å². The second-order valence-corrected chi connectivity index (χ2v) is 5.85. The van der Waals surface area contributed by atoms with Gasteiger partial charge in [0.15, 0.2) is 0 Å². The Kier molecular flexibility index (Phi) is 5.28. The van der Waals surface area contributed by atoms with Crippen molar-refractivity contribution in [3.05, 3.63) is 59.9 Å². The van der Waals surface area contributed by atoms with Gasteiger partial charge >= 0.3 is 0 Å². The first kappa shape index (κ1) is 17.0. The van der Waals surface area contributed by atoms with Gasteiger partial charge in [0.05, 0.1) is 12.7 Å². The van der Waals surface area contributed by atoms with Crippen LogP contribution < -0.4 is 4.74 Å². The number of hydrogen-bond acceptors (Lipinski definition) is 4. The Morgan fingerprint density at radius 2 is 1.60 bits per heavy atom. The number of amides is 2. The quantitative estimate of drug-likeness (QED) is 0.859. The average Bonchev–Trinajstić information content (AvgIpc) is 2.93. The average molecular weight is 339 g/mol. The van der Waals surface area contributed by atoms with Crippen molar-refractivity contribution < 1.29 is 14.3 Å². The van der Waals surface area contributed by atoms with Crippen LogP contribution in [-0.2, 0) is 0 Å². The topological polar surface area (TPSA) is 62.7 Å². The number of benzene rings is 1. The van der Waals surface area contributed by atoms with Crippen molar-refractivity contribution in [1.29, 1.82) is 0 Å². The lowest BCUT2D eigenvalue weighted by molar-refractivity contribution is 0.0714. The summed E-state index contributed by atoms with van der Waals surface area (Å²) < 4.78 is 5.29. The predicted molar refractivity (Wildman–Crippen MR) is 93.7 cm³/mol. The molecule has 0 N–H and O–H groups in total. The molecule has 1 saturated heterocycles. The van der Waals surface area contributed by atoms with Crippen LogP contribution in [0.3, 0.4) is 0 Å². The van der Waals surface area contributed by atoms with Crippen LogP contribution in [0.2, 0.25) is 0 Å². The minimum atomic E-state index is -0.0906. The molecule has 25 heavy (non-hydrogen) atoms. The molecule has 0 saturated carbocycles. The predicted octanol–water partition coefficient (Wildman–Crippen LogP) is 2.08. The third-order valence-corrected chi connectivity index (χ3v) is 4.29. The van der Waals surface area contributed by atoms with Gasteiger partial charge in [-0.1, -0.05) is 18.2 Å². The number of pyridine rings is 1. The first-order valence-electron chi connectivity index (χ1n) is 8.33. The molecule has 2 amide bonds. The van der Waals surface area contributed by atoms with E-state index in [9.17, 15) is 9.59 Å². The molecule has 6 heteroatoms. The highest BCUT2D eigenvalue weighted by atomic mass is 16.5. The highest BCUT2D eigenvalue weighted by Gasteiger charge is 2.25. The van der Waals surface area contributed by atoms with E-state index in [1.165, 1.54) is 0 Å². The van der Waals surface area contributed by atoms with Crippen molar-refractivity contribution in [3.63, 3.8) is 0 Å². The Labute approximate surface area is 147 Å². The standard InChI is InChI=1S/C19H21N3O3/c1-25-17-9-3-2-7-15(17)18(23)21-11-6-12-22(14-13-21)19(24)16-8-4-5-10-20-16/h2-5,7-10H,6,11-14H2,1H3. The van der Waals surface area contributed by atoms with E-state index < -0.39 is 0 Å². The zero-order chi connectivity index (χ0) is 17.6. The first-order valence-corrected chi connectivity index (χ1v) is 8.33. The van der Waals surface area contributed by atoms with E-state index in [1.54, 1.807) is 53.4 Å². The van der Waals surface area contributed by atoms with Crippen molar-refractivity contribution in [3.8, 4) is 5.75 Å². The van der Waals surface area contributed by atoms with Gasteiger partial charge in [-0.25, -0.2) is 0 Å². The number of ether oxygens (including phenoxy) is 1. The minimum Gasteiger partial charge on any atom is -0.496 e. The van der Waals surface area contributed by atoms with Gasteiger partial charge in [-0.15, -0.1) is 0 Å². The number of nitrogens with zero attached hydrogens (tertiary/aromatic N) is 3. The Bertz CT molecular complexity index is 749. The third kappa shape index (κ3) is 3.79. The Balaban J connectivity index is 1.69. The number of carbonyl (C=O) groups excluding carboxylic acids is 2. The van der Waals surface area contributed by atoms with Crippen molar-refractivity contribution in [2.24, 2.45) is 0 Å². The highest BCUT2D eigenvalue weighted by molar-refractivity contribution is 5.97. The summed E-state index contributed by atoms with van der Waals surface area (Å²) in [5.74, 6) is 0.412. The van der Waals surface area contributed by atoms with Crippen LogP contribution in [0.5, 0.6) is 5.75 Å². The van der Waals surface area contributed by atoms with Gasteiger partial charge in [0, 0.05) is 32.4 Å². The fraction of sp³-hybridized carbons (Fsp3) is 0.316.